The van der Waals surface area contributed by atoms with Crippen LogP contribution < -0.4 is 22.6 Å². The van der Waals surface area contributed by atoms with Gasteiger partial charge in [-0.05, 0) is 36.8 Å². The second kappa shape index (κ2) is 7.52. The van der Waals surface area contributed by atoms with Crippen molar-refractivity contribution in [1.29, 1.82) is 0 Å². The highest BCUT2D eigenvalue weighted by atomic mass is 19.1. The van der Waals surface area contributed by atoms with Crippen LogP contribution in [0.25, 0.3) is 11.0 Å². The number of halogens is 1. The van der Waals surface area contributed by atoms with Crippen molar-refractivity contribution in [2.24, 2.45) is 14.1 Å². The molecule has 0 aliphatic rings. The number of aromatic hydroxyl groups is 1. The number of benzene rings is 2. The third-order valence-electron chi connectivity index (χ3n) is 5.59. The van der Waals surface area contributed by atoms with Gasteiger partial charge in [-0.3, -0.25) is 13.9 Å². The topological polar surface area (TPSA) is 120 Å². The van der Waals surface area contributed by atoms with Gasteiger partial charge in [0, 0.05) is 14.1 Å². The molecule has 1 atom stereocenters. The van der Waals surface area contributed by atoms with Gasteiger partial charge in [-0.1, -0.05) is 23.8 Å². The van der Waals surface area contributed by atoms with Gasteiger partial charge in [-0.15, -0.1) is 0 Å². The molecule has 9 heteroatoms. The molecular weight excluding hydrogens is 417 g/mol. The van der Waals surface area contributed by atoms with E-state index in [9.17, 15) is 23.9 Å². The zero-order valence-electron chi connectivity index (χ0n) is 17.5. The first-order valence-electron chi connectivity index (χ1n) is 9.69. The highest BCUT2D eigenvalue weighted by Gasteiger charge is 2.32. The number of fused-ring (bicyclic) bond motifs is 1. The van der Waals surface area contributed by atoms with Gasteiger partial charge in [0.05, 0.1) is 22.4 Å². The van der Waals surface area contributed by atoms with E-state index < -0.39 is 28.6 Å². The lowest BCUT2D eigenvalue weighted by molar-refractivity contribution is 0.454. The van der Waals surface area contributed by atoms with Crippen LogP contribution in [0.1, 0.15) is 28.2 Å². The van der Waals surface area contributed by atoms with Gasteiger partial charge in [-0.25, -0.2) is 14.0 Å². The molecular formula is C23H20FN3O5. The molecule has 2 heterocycles. The second-order valence-corrected chi connectivity index (χ2v) is 7.64. The van der Waals surface area contributed by atoms with Crippen LogP contribution in [0.4, 0.5) is 10.2 Å². The van der Waals surface area contributed by atoms with Crippen LogP contribution in [0.3, 0.4) is 0 Å². The number of nitrogens with zero attached hydrogens (tertiary/aromatic N) is 2. The monoisotopic (exact) mass is 437 g/mol. The van der Waals surface area contributed by atoms with E-state index in [1.165, 1.54) is 26.2 Å². The number of aryl methyl sites for hydroxylation is 1. The first-order chi connectivity index (χ1) is 15.1. The van der Waals surface area contributed by atoms with E-state index in [-0.39, 0.29) is 33.7 Å². The minimum absolute atomic E-state index is 0.115. The minimum Gasteiger partial charge on any atom is -0.507 e. The molecule has 32 heavy (non-hydrogen) atoms. The molecule has 0 bridgehead atoms. The Morgan fingerprint density at radius 1 is 1.00 bits per heavy atom. The van der Waals surface area contributed by atoms with Gasteiger partial charge < -0.3 is 15.3 Å². The zero-order chi connectivity index (χ0) is 23.3. The van der Waals surface area contributed by atoms with E-state index in [2.05, 4.69) is 0 Å². The van der Waals surface area contributed by atoms with Crippen molar-refractivity contribution in [3.8, 4) is 5.75 Å². The Kier molecular flexibility index (Phi) is 4.96. The molecule has 8 nitrogen and oxygen atoms in total. The van der Waals surface area contributed by atoms with Gasteiger partial charge in [0.25, 0.3) is 5.56 Å². The lowest BCUT2D eigenvalue weighted by atomic mass is 9.85. The number of hydrogen-bond donors (Lipinski definition) is 2. The van der Waals surface area contributed by atoms with Gasteiger partial charge in [0.15, 0.2) is 0 Å². The normalized spacial score (nSPS) is 12.2. The average Bonchev–Trinajstić information content (AvgIpc) is 2.76. The predicted molar refractivity (Wildman–Crippen MR) is 118 cm³/mol. The number of rotatable bonds is 3. The molecule has 2 aromatic carbocycles. The van der Waals surface area contributed by atoms with Crippen LogP contribution in [-0.4, -0.2) is 14.2 Å². The molecule has 0 aliphatic heterocycles. The summed E-state index contributed by atoms with van der Waals surface area (Å²) in [4.78, 5) is 38.5. The predicted octanol–water partition coefficient (Wildman–Crippen LogP) is 2.11. The smallest absolute Gasteiger partial charge is 0.344 e. The van der Waals surface area contributed by atoms with Crippen molar-refractivity contribution in [2.75, 3.05) is 5.73 Å². The molecule has 2 aromatic heterocycles. The van der Waals surface area contributed by atoms with E-state index in [4.69, 9.17) is 10.2 Å². The van der Waals surface area contributed by atoms with Crippen molar-refractivity contribution < 1.29 is 13.9 Å². The molecule has 4 rings (SSSR count). The number of anilines is 1. The van der Waals surface area contributed by atoms with E-state index in [1.54, 1.807) is 18.2 Å². The molecule has 164 valence electrons. The largest absolute Gasteiger partial charge is 0.507 e. The summed E-state index contributed by atoms with van der Waals surface area (Å²) >= 11 is 0. The Morgan fingerprint density at radius 3 is 2.31 bits per heavy atom. The summed E-state index contributed by atoms with van der Waals surface area (Å²) in [6.07, 6.45) is 0. The summed E-state index contributed by atoms with van der Waals surface area (Å²) < 4.78 is 21.0. The summed E-state index contributed by atoms with van der Waals surface area (Å²) in [5.41, 5.74) is 4.80. The van der Waals surface area contributed by atoms with Crippen molar-refractivity contribution in [1.82, 2.24) is 9.13 Å². The number of nitrogens with two attached hydrogens (primary N) is 1. The number of aromatic nitrogens is 2. The van der Waals surface area contributed by atoms with E-state index in [0.717, 1.165) is 26.8 Å². The third-order valence-corrected chi connectivity index (χ3v) is 5.59. The molecule has 0 saturated heterocycles. The summed E-state index contributed by atoms with van der Waals surface area (Å²) in [5.74, 6) is -2.32. The molecule has 0 amide bonds. The highest BCUT2D eigenvalue weighted by molar-refractivity contribution is 5.85. The van der Waals surface area contributed by atoms with E-state index >= 15 is 0 Å². The first-order valence-corrected chi connectivity index (χ1v) is 9.69. The van der Waals surface area contributed by atoms with Crippen molar-refractivity contribution in [2.45, 2.75) is 12.8 Å². The first kappa shape index (κ1) is 21.1. The lowest BCUT2D eigenvalue weighted by Gasteiger charge is -2.22. The van der Waals surface area contributed by atoms with Crippen molar-refractivity contribution in [3.05, 3.63) is 102 Å². The Balaban J connectivity index is 2.18. The van der Waals surface area contributed by atoms with Crippen LogP contribution in [0.2, 0.25) is 0 Å². The highest BCUT2D eigenvalue weighted by Crippen LogP contribution is 2.38. The standard InChI is InChI=1S/C23H20FN3O5/c1-11-4-9-15-14(10-11)19(28)17(22(30)32-15)16(12-5-7-13(24)8-6-12)18-20(25)26(2)23(31)27(3)21(18)29/h4-10,16,28H,25H2,1-3H3. The fraction of sp³-hybridized carbons (Fsp3) is 0.174. The maximum atomic E-state index is 13.6. The molecule has 0 saturated carbocycles. The summed E-state index contributed by atoms with van der Waals surface area (Å²) in [7, 11) is 2.66. The van der Waals surface area contributed by atoms with Crippen LogP contribution in [0, 0.1) is 12.7 Å². The SMILES string of the molecule is Cc1ccc2oc(=O)c(C(c3ccc(F)cc3)c3c(N)n(C)c(=O)n(C)c3=O)c(O)c2c1. The van der Waals surface area contributed by atoms with Crippen LogP contribution >= 0.6 is 0 Å². The molecule has 0 fully saturated rings. The van der Waals surface area contributed by atoms with E-state index in [1.807, 2.05) is 6.92 Å². The van der Waals surface area contributed by atoms with Crippen molar-refractivity contribution in [3.63, 3.8) is 0 Å². The molecule has 4 aromatic rings. The zero-order valence-corrected chi connectivity index (χ0v) is 17.5. The number of hydrogen-bond acceptors (Lipinski definition) is 6. The Bertz CT molecular complexity index is 1550. The summed E-state index contributed by atoms with van der Waals surface area (Å²) in [6, 6.07) is 10.0. The second-order valence-electron chi connectivity index (χ2n) is 7.64. The number of nitrogen functional groups attached to an aromatic ring is 1. The van der Waals surface area contributed by atoms with Gasteiger partial charge in [0.2, 0.25) is 0 Å². The Labute approximate surface area is 180 Å². The van der Waals surface area contributed by atoms with Gasteiger partial charge in [-0.2, -0.15) is 0 Å². The fourth-order valence-electron chi connectivity index (χ4n) is 3.86. The van der Waals surface area contributed by atoms with E-state index in [0.29, 0.717) is 5.56 Å². The molecule has 0 aliphatic carbocycles. The molecule has 0 spiro atoms. The maximum absolute atomic E-state index is 13.6. The molecule has 1 unspecified atom stereocenters. The fourth-order valence-corrected chi connectivity index (χ4v) is 3.86. The van der Waals surface area contributed by atoms with Crippen LogP contribution in [-0.2, 0) is 14.1 Å². The summed E-state index contributed by atoms with van der Waals surface area (Å²) in [5, 5.41) is 11.4. The minimum atomic E-state index is -1.22. The third kappa shape index (κ3) is 3.18. The van der Waals surface area contributed by atoms with Gasteiger partial charge in [0.1, 0.15) is 23.0 Å². The molecule has 3 N–H and O–H groups in total. The average molecular weight is 437 g/mol. The molecule has 0 radical (unpaired) electrons. The van der Waals surface area contributed by atoms with Crippen LogP contribution in [0.5, 0.6) is 5.75 Å². The quantitative estimate of drug-likeness (QED) is 0.474. The summed E-state index contributed by atoms with van der Waals surface area (Å²) in [6.45, 7) is 1.81. The maximum Gasteiger partial charge on any atom is 0.344 e. The Morgan fingerprint density at radius 2 is 1.66 bits per heavy atom. The Hall–Kier alpha value is -4.14. The van der Waals surface area contributed by atoms with Gasteiger partial charge >= 0.3 is 11.3 Å². The lowest BCUT2D eigenvalue weighted by Crippen LogP contribution is -2.41. The van der Waals surface area contributed by atoms with Crippen molar-refractivity contribution >= 4 is 16.8 Å². The van der Waals surface area contributed by atoms with Crippen LogP contribution in [0.15, 0.2) is 61.3 Å².